The lowest BCUT2D eigenvalue weighted by atomic mass is 9.98. The summed E-state index contributed by atoms with van der Waals surface area (Å²) in [6.07, 6.45) is 0. The number of para-hydroxylation sites is 7. The van der Waals surface area contributed by atoms with E-state index in [-0.39, 0.29) is 0 Å². The largest absolute Gasteiger partial charge is 0.308 e. The Kier molecular flexibility index (Phi) is 21.1. The van der Waals surface area contributed by atoms with Crippen LogP contribution in [-0.2, 0) is 0 Å². The van der Waals surface area contributed by atoms with Gasteiger partial charge >= 0.3 is 0 Å². The Labute approximate surface area is 871 Å². The summed E-state index contributed by atoms with van der Waals surface area (Å²) in [6.45, 7) is 0. The van der Waals surface area contributed by atoms with Gasteiger partial charge in [0.15, 0.2) is 34.9 Å². The van der Waals surface area contributed by atoms with Crippen molar-refractivity contribution in [3.05, 3.63) is 522 Å². The lowest BCUT2D eigenvalue weighted by Crippen LogP contribution is -2.04. The van der Waals surface area contributed by atoms with Gasteiger partial charge in [-0.3, -0.25) is 0 Å². The first kappa shape index (κ1) is 87.1. The standard InChI is InChI=1S/2C69H43N5S/c1-4-22-44(23-5-1)47-28-10-12-33-56(47)67-70-68(57-34-13-11-29-48(57)45-24-6-2-7-25-45)72-69(71-67)58-35-17-21-39-62(58)74-61-38-20-16-32-51(61)53-41-43-55-54-42-40-52-50-31-15-19-37-60(50)73(63(52)65(54)75-66(55)64(53)74)59-36-18-14-30-49(59)46-26-8-3-9-27-46;1-4-21-44(22-5-1)49-29-10-12-34-58(49)68-70-67(71-69(72-68)59-35-13-11-30-50(59)45-23-6-2-7-24-45)47-27-20-28-48(43-47)73-61-37-18-15-32-52(61)54-39-41-56-57-42-40-55-53-33-16-19-38-62(53)74(64(55)66(57)75-65(56)63(54)73)60-36-17-14-31-51(60)46-25-8-3-9-26-46/h2*1-43H. The highest BCUT2D eigenvalue weighted by atomic mass is 32.1. The third kappa shape index (κ3) is 14.5. The van der Waals surface area contributed by atoms with Crippen LogP contribution in [0.5, 0.6) is 0 Å². The number of fused-ring (bicyclic) bond motifs is 22. The molecule has 12 heteroatoms. The van der Waals surface area contributed by atoms with Crippen LogP contribution in [0, 0.1) is 0 Å². The SMILES string of the molecule is c1ccc(-c2ccccc2-c2nc(-c3cccc(-n4c5ccccc5c5ccc6c7ccc8c9ccccc9n(-c9ccccc9-c9ccccc9)c8c7sc6c54)c3)nc(-c3ccccc3-c3ccccc3)n2)cc1.c1ccc(-c2ccccc2-c2nc(-c3ccccc3-c3ccccc3)nc(-c3ccccc3-n3c4ccccc4c4ccc5c6ccc7c8ccccc8n(-c8ccccc8-c8ccccc8)c7c6sc5c43)n2)cc1. The van der Waals surface area contributed by atoms with E-state index in [1.165, 1.54) is 133 Å². The predicted octanol–water partition coefficient (Wildman–Crippen LogP) is 36.9. The van der Waals surface area contributed by atoms with Gasteiger partial charge in [-0.1, -0.05) is 461 Å². The molecule has 0 radical (unpaired) electrons. The normalized spacial score (nSPS) is 11.7. The van der Waals surface area contributed by atoms with Crippen LogP contribution < -0.4 is 0 Å². The monoisotopic (exact) mass is 1950 g/mol. The molecule has 150 heavy (non-hydrogen) atoms. The van der Waals surface area contributed by atoms with Crippen LogP contribution in [-0.4, -0.2) is 48.2 Å². The average molecular weight is 1950 g/mol. The van der Waals surface area contributed by atoms with Crippen molar-refractivity contribution in [2.75, 3.05) is 0 Å². The summed E-state index contributed by atoms with van der Waals surface area (Å²) in [4.78, 5) is 32.5. The van der Waals surface area contributed by atoms with Gasteiger partial charge in [-0.2, -0.15) is 0 Å². The zero-order valence-electron chi connectivity index (χ0n) is 80.9. The van der Waals surface area contributed by atoms with Gasteiger partial charge in [0.1, 0.15) is 0 Å². The van der Waals surface area contributed by atoms with E-state index in [0.717, 1.165) is 117 Å². The molecule has 8 heterocycles. The molecule has 10 nitrogen and oxygen atoms in total. The van der Waals surface area contributed by atoms with Gasteiger partial charge < -0.3 is 18.3 Å². The predicted molar refractivity (Wildman–Crippen MR) is 628 cm³/mol. The number of benzene rings is 22. The van der Waals surface area contributed by atoms with Crippen LogP contribution in [0.25, 0.3) is 285 Å². The zero-order valence-corrected chi connectivity index (χ0v) is 82.6. The van der Waals surface area contributed by atoms with E-state index >= 15 is 0 Å². The molecule has 30 rings (SSSR count). The Morgan fingerprint density at radius 3 is 0.647 bits per heavy atom. The van der Waals surface area contributed by atoms with Crippen LogP contribution in [0.4, 0.5) is 0 Å². The maximum Gasteiger partial charge on any atom is 0.166 e. The molecule has 0 spiro atoms. The summed E-state index contributed by atoms with van der Waals surface area (Å²) in [5.41, 5.74) is 32.6. The van der Waals surface area contributed by atoms with E-state index in [1.54, 1.807) is 0 Å². The Morgan fingerprint density at radius 1 is 0.133 bits per heavy atom. The molecule has 0 atom stereocenters. The van der Waals surface area contributed by atoms with Crippen molar-refractivity contribution in [2.45, 2.75) is 0 Å². The lowest BCUT2D eigenvalue weighted by molar-refractivity contribution is 1.07. The smallest absolute Gasteiger partial charge is 0.166 e. The molecule has 0 fully saturated rings. The van der Waals surface area contributed by atoms with Crippen molar-refractivity contribution in [3.63, 3.8) is 0 Å². The number of rotatable bonds is 16. The number of aromatic nitrogens is 10. The topological polar surface area (TPSA) is 97.1 Å². The van der Waals surface area contributed by atoms with Gasteiger partial charge in [-0.05, 0) is 116 Å². The van der Waals surface area contributed by atoms with Crippen LogP contribution in [0.3, 0.4) is 0 Å². The summed E-state index contributed by atoms with van der Waals surface area (Å²) >= 11 is 3.78. The van der Waals surface area contributed by atoms with E-state index in [1.807, 2.05) is 34.8 Å². The van der Waals surface area contributed by atoms with E-state index in [2.05, 4.69) is 528 Å². The second-order valence-electron chi connectivity index (χ2n) is 38.1. The van der Waals surface area contributed by atoms with Gasteiger partial charge in [0.2, 0.25) is 0 Å². The summed E-state index contributed by atoms with van der Waals surface area (Å²) in [5, 5.41) is 14.7. The van der Waals surface area contributed by atoms with Crippen LogP contribution >= 0.6 is 22.7 Å². The van der Waals surface area contributed by atoms with Gasteiger partial charge in [-0.25, -0.2) is 29.9 Å². The molecule has 0 saturated heterocycles. The highest BCUT2D eigenvalue weighted by Crippen LogP contribution is 2.53. The number of nitrogens with zero attached hydrogens (tertiary/aromatic N) is 10. The summed E-state index contributed by atoms with van der Waals surface area (Å²) in [7, 11) is 0. The maximum atomic E-state index is 5.50. The molecule has 700 valence electrons. The Bertz CT molecular complexity index is 10400. The second kappa shape index (κ2) is 36.4. The van der Waals surface area contributed by atoms with E-state index in [0.29, 0.717) is 34.9 Å². The maximum absolute atomic E-state index is 5.50. The molecule has 30 aromatic rings. The van der Waals surface area contributed by atoms with Crippen LogP contribution in [0.1, 0.15) is 0 Å². The molecule has 0 amide bonds. The molecular weight excluding hydrogens is 1860 g/mol. The summed E-state index contributed by atoms with van der Waals surface area (Å²) in [6, 6.07) is 186. The van der Waals surface area contributed by atoms with Crippen LogP contribution in [0.15, 0.2) is 522 Å². The zero-order chi connectivity index (χ0) is 98.8. The van der Waals surface area contributed by atoms with Crippen molar-refractivity contribution in [3.8, 4) is 158 Å². The Morgan fingerprint density at radius 2 is 0.340 bits per heavy atom. The van der Waals surface area contributed by atoms with Gasteiger partial charge in [-0.15, -0.1) is 22.7 Å². The molecule has 0 aliphatic rings. The fraction of sp³-hybridized carbons (Fsp3) is 0. The number of thiophene rings is 2. The molecule has 0 aliphatic carbocycles. The minimum atomic E-state index is 0.592. The third-order valence-electron chi connectivity index (χ3n) is 29.6. The molecule has 8 aromatic heterocycles. The van der Waals surface area contributed by atoms with Crippen molar-refractivity contribution in [2.24, 2.45) is 0 Å². The highest BCUT2D eigenvalue weighted by Gasteiger charge is 2.30. The highest BCUT2D eigenvalue weighted by molar-refractivity contribution is 7.28. The summed E-state index contributed by atoms with van der Waals surface area (Å²) in [5.74, 6) is 3.63. The van der Waals surface area contributed by atoms with Gasteiger partial charge in [0.25, 0.3) is 0 Å². The van der Waals surface area contributed by atoms with E-state index < -0.39 is 0 Å². The minimum absolute atomic E-state index is 0.592. The molecule has 0 aliphatic heterocycles. The fourth-order valence-electron chi connectivity index (χ4n) is 23.0. The molecule has 0 unspecified atom stereocenters. The van der Waals surface area contributed by atoms with E-state index in [9.17, 15) is 0 Å². The summed E-state index contributed by atoms with van der Waals surface area (Å²) < 4.78 is 14.9. The third-order valence-corrected chi connectivity index (χ3v) is 32.1. The first-order valence-corrected chi connectivity index (χ1v) is 52.3. The van der Waals surface area contributed by atoms with Crippen molar-refractivity contribution in [1.82, 2.24) is 48.2 Å². The van der Waals surface area contributed by atoms with Crippen molar-refractivity contribution in [1.29, 1.82) is 0 Å². The quantitative estimate of drug-likeness (QED) is 0.0956. The number of hydrogen-bond acceptors (Lipinski definition) is 8. The Balaban J connectivity index is 0.000000141. The lowest BCUT2D eigenvalue weighted by Gasteiger charge is -2.16. The molecule has 22 aromatic carbocycles. The molecule has 0 N–H and O–H groups in total. The van der Waals surface area contributed by atoms with Gasteiger partial charge in [0, 0.05) is 115 Å². The first-order chi connectivity index (χ1) is 74.5. The Hall–Kier alpha value is -19.5. The van der Waals surface area contributed by atoms with Gasteiger partial charge in [0.05, 0.1) is 80.0 Å². The number of hydrogen-bond donors (Lipinski definition) is 0. The molecule has 0 bridgehead atoms. The average Bonchev–Trinajstić information content (AvgIpc) is 1.54. The van der Waals surface area contributed by atoms with E-state index in [4.69, 9.17) is 29.9 Å². The molecular formula is C138H86N10S2. The second-order valence-corrected chi connectivity index (χ2v) is 40.1. The van der Waals surface area contributed by atoms with Crippen molar-refractivity contribution < 1.29 is 0 Å². The fourth-order valence-corrected chi connectivity index (χ4v) is 25.7. The molecule has 0 saturated carbocycles. The minimum Gasteiger partial charge on any atom is -0.308 e. The first-order valence-electron chi connectivity index (χ1n) is 50.7. The van der Waals surface area contributed by atoms with Crippen LogP contribution in [0.2, 0.25) is 0 Å². The van der Waals surface area contributed by atoms with Crippen molar-refractivity contribution >= 4 is 150 Å².